The van der Waals surface area contributed by atoms with Gasteiger partial charge in [0, 0.05) is 23.8 Å². The summed E-state index contributed by atoms with van der Waals surface area (Å²) in [5.74, 6) is 0.616. The first-order valence-corrected chi connectivity index (χ1v) is 5.78. The van der Waals surface area contributed by atoms with Gasteiger partial charge in [-0.2, -0.15) is 0 Å². The molecule has 0 saturated carbocycles. The van der Waals surface area contributed by atoms with Crippen molar-refractivity contribution in [3.63, 3.8) is 0 Å². The van der Waals surface area contributed by atoms with Crippen LogP contribution in [0.15, 0.2) is 24.3 Å². The van der Waals surface area contributed by atoms with Crippen LogP contribution in [0.25, 0.3) is 0 Å². The minimum atomic E-state index is -0.310. The van der Waals surface area contributed by atoms with Crippen molar-refractivity contribution in [1.29, 1.82) is 0 Å². The fraction of sp³-hybridized carbons (Fsp3) is 0.455. The van der Waals surface area contributed by atoms with E-state index in [1.165, 1.54) is 12.1 Å². The molecule has 1 aromatic rings. The predicted octanol–water partition coefficient (Wildman–Crippen LogP) is 3.15. The summed E-state index contributed by atoms with van der Waals surface area (Å²) < 4.78 is 12.9. The maximum absolute atomic E-state index is 12.9. The van der Waals surface area contributed by atoms with E-state index in [4.69, 9.17) is 23.2 Å². The topological polar surface area (TPSA) is 12.0 Å². The summed E-state index contributed by atoms with van der Waals surface area (Å²) in [7, 11) is 0. The fourth-order valence-electron chi connectivity index (χ4n) is 1.09. The summed E-state index contributed by atoms with van der Waals surface area (Å²) in [5, 5.41) is 3.21. The Balaban J connectivity index is 2.56. The van der Waals surface area contributed by atoms with Crippen LogP contribution in [0.5, 0.6) is 0 Å². The van der Waals surface area contributed by atoms with Gasteiger partial charge in [0.05, 0.1) is 0 Å². The molecule has 0 spiro atoms. The van der Waals surface area contributed by atoms with Gasteiger partial charge in [-0.05, 0) is 24.6 Å². The van der Waals surface area contributed by atoms with Crippen LogP contribution in [0.3, 0.4) is 0 Å². The van der Waals surface area contributed by atoms with Crippen molar-refractivity contribution < 1.29 is 4.39 Å². The molecule has 0 aliphatic carbocycles. The van der Waals surface area contributed by atoms with E-state index < -0.39 is 0 Å². The summed E-state index contributed by atoms with van der Waals surface area (Å²) >= 11 is 11.6. The standard InChI is InChI=1S/C11H14Cl2FN/c1-11(7-12,8-13)15-6-9-3-2-4-10(14)5-9/h2-5,15H,6-8H2,1H3. The van der Waals surface area contributed by atoms with Crippen molar-refractivity contribution in [3.05, 3.63) is 35.6 Å². The minimum Gasteiger partial charge on any atom is -0.305 e. The summed E-state index contributed by atoms with van der Waals surface area (Å²) in [6.45, 7) is 2.50. The van der Waals surface area contributed by atoms with Gasteiger partial charge in [0.25, 0.3) is 0 Å². The number of halogens is 3. The van der Waals surface area contributed by atoms with Crippen LogP contribution in [-0.4, -0.2) is 17.3 Å². The zero-order valence-electron chi connectivity index (χ0n) is 8.56. The van der Waals surface area contributed by atoms with Gasteiger partial charge in [0.1, 0.15) is 5.82 Å². The molecule has 4 heteroatoms. The van der Waals surface area contributed by atoms with Gasteiger partial charge in [-0.25, -0.2) is 4.39 Å². The van der Waals surface area contributed by atoms with Gasteiger partial charge < -0.3 is 5.32 Å². The third kappa shape index (κ3) is 3.98. The first-order valence-electron chi connectivity index (χ1n) is 4.71. The second kappa shape index (κ2) is 5.69. The van der Waals surface area contributed by atoms with Crippen LogP contribution < -0.4 is 5.32 Å². The lowest BCUT2D eigenvalue weighted by molar-refractivity contribution is 0.434. The molecule has 1 N–H and O–H groups in total. The average Bonchev–Trinajstić information content (AvgIpc) is 2.26. The van der Waals surface area contributed by atoms with Crippen molar-refractivity contribution >= 4 is 23.2 Å². The Labute approximate surface area is 99.6 Å². The molecule has 0 heterocycles. The predicted molar refractivity (Wildman–Crippen MR) is 63.1 cm³/mol. The Morgan fingerprint density at radius 1 is 1.33 bits per heavy atom. The lowest BCUT2D eigenvalue weighted by Gasteiger charge is -2.26. The average molecular weight is 250 g/mol. The van der Waals surface area contributed by atoms with Gasteiger partial charge in [-0.15, -0.1) is 23.2 Å². The molecular formula is C11H14Cl2FN. The Morgan fingerprint density at radius 2 is 2.00 bits per heavy atom. The Morgan fingerprint density at radius 3 is 2.53 bits per heavy atom. The van der Waals surface area contributed by atoms with E-state index >= 15 is 0 Å². The van der Waals surface area contributed by atoms with Gasteiger partial charge in [-0.3, -0.25) is 0 Å². The molecule has 0 aliphatic heterocycles. The highest BCUT2D eigenvalue weighted by molar-refractivity contribution is 6.22. The third-order valence-electron chi connectivity index (χ3n) is 2.20. The van der Waals surface area contributed by atoms with E-state index in [2.05, 4.69) is 5.32 Å². The smallest absolute Gasteiger partial charge is 0.123 e. The number of benzene rings is 1. The third-order valence-corrected chi connectivity index (χ3v) is 3.38. The lowest BCUT2D eigenvalue weighted by atomic mass is 10.1. The van der Waals surface area contributed by atoms with E-state index in [1.807, 2.05) is 13.0 Å². The maximum Gasteiger partial charge on any atom is 0.123 e. The number of nitrogens with one attached hydrogen (secondary N) is 1. The zero-order chi connectivity index (χ0) is 11.3. The zero-order valence-corrected chi connectivity index (χ0v) is 10.1. The van der Waals surface area contributed by atoms with Crippen LogP contribution in [-0.2, 0) is 6.54 Å². The van der Waals surface area contributed by atoms with E-state index in [-0.39, 0.29) is 11.4 Å². The number of rotatable bonds is 5. The van der Waals surface area contributed by atoms with Crippen molar-refractivity contribution in [2.24, 2.45) is 0 Å². The van der Waals surface area contributed by atoms with Crippen molar-refractivity contribution in [1.82, 2.24) is 5.32 Å². The van der Waals surface area contributed by atoms with Crippen molar-refractivity contribution in [2.45, 2.75) is 19.0 Å². The molecule has 0 unspecified atom stereocenters. The van der Waals surface area contributed by atoms with Crippen LogP contribution in [0.2, 0.25) is 0 Å². The van der Waals surface area contributed by atoms with Crippen LogP contribution in [0, 0.1) is 5.82 Å². The van der Waals surface area contributed by atoms with Gasteiger partial charge in [0.2, 0.25) is 0 Å². The second-order valence-electron chi connectivity index (χ2n) is 3.81. The summed E-state index contributed by atoms with van der Waals surface area (Å²) in [6, 6.07) is 6.46. The number of alkyl halides is 2. The molecule has 0 saturated heterocycles. The van der Waals surface area contributed by atoms with Crippen LogP contribution in [0.1, 0.15) is 12.5 Å². The highest BCUT2D eigenvalue weighted by Gasteiger charge is 2.20. The highest BCUT2D eigenvalue weighted by atomic mass is 35.5. The molecule has 0 fully saturated rings. The van der Waals surface area contributed by atoms with Crippen molar-refractivity contribution in [2.75, 3.05) is 11.8 Å². The molecule has 0 amide bonds. The molecule has 0 aromatic heterocycles. The van der Waals surface area contributed by atoms with Crippen molar-refractivity contribution in [3.8, 4) is 0 Å². The lowest BCUT2D eigenvalue weighted by Crippen LogP contribution is -2.45. The molecule has 84 valence electrons. The molecule has 1 aromatic carbocycles. The highest BCUT2D eigenvalue weighted by Crippen LogP contribution is 2.11. The molecular weight excluding hydrogens is 236 g/mol. The molecule has 1 nitrogen and oxygen atoms in total. The molecule has 0 radical (unpaired) electrons. The number of hydrogen-bond acceptors (Lipinski definition) is 1. The SMILES string of the molecule is CC(CCl)(CCl)NCc1cccc(F)c1. The maximum atomic E-state index is 12.9. The summed E-state index contributed by atoms with van der Waals surface area (Å²) in [4.78, 5) is 0. The molecule has 0 atom stereocenters. The molecule has 0 bridgehead atoms. The van der Waals surface area contributed by atoms with E-state index in [9.17, 15) is 4.39 Å². The van der Waals surface area contributed by atoms with Crippen LogP contribution >= 0.6 is 23.2 Å². The quantitative estimate of drug-likeness (QED) is 0.791. The van der Waals surface area contributed by atoms with E-state index in [1.54, 1.807) is 6.07 Å². The normalized spacial score (nSPS) is 11.7. The largest absolute Gasteiger partial charge is 0.305 e. The second-order valence-corrected chi connectivity index (χ2v) is 4.35. The van der Waals surface area contributed by atoms with Crippen LogP contribution in [0.4, 0.5) is 4.39 Å². The van der Waals surface area contributed by atoms with Gasteiger partial charge >= 0.3 is 0 Å². The van der Waals surface area contributed by atoms with Gasteiger partial charge in [-0.1, -0.05) is 12.1 Å². The van der Waals surface area contributed by atoms with E-state index in [0.29, 0.717) is 18.3 Å². The Kier molecular flexibility index (Phi) is 4.84. The first kappa shape index (κ1) is 12.8. The summed E-state index contributed by atoms with van der Waals surface area (Å²) in [6.07, 6.45) is 0. The minimum absolute atomic E-state index is 0.229. The molecule has 0 aliphatic rings. The molecule has 15 heavy (non-hydrogen) atoms. The Hall–Kier alpha value is -0.310. The first-order chi connectivity index (χ1) is 7.09. The molecule has 1 rings (SSSR count). The fourth-order valence-corrected chi connectivity index (χ4v) is 1.57. The van der Waals surface area contributed by atoms with E-state index in [0.717, 1.165) is 5.56 Å². The summed E-state index contributed by atoms with van der Waals surface area (Å²) in [5.41, 5.74) is 0.576. The Bertz CT molecular complexity index is 313. The number of hydrogen-bond donors (Lipinski definition) is 1. The van der Waals surface area contributed by atoms with Gasteiger partial charge in [0.15, 0.2) is 0 Å². The monoisotopic (exact) mass is 249 g/mol.